The summed E-state index contributed by atoms with van der Waals surface area (Å²) in [5.41, 5.74) is 2.71. The number of anilines is 1. The van der Waals surface area contributed by atoms with Gasteiger partial charge in [0, 0.05) is 17.3 Å². The zero-order valence-corrected chi connectivity index (χ0v) is 11.7. The van der Waals surface area contributed by atoms with E-state index in [9.17, 15) is 4.79 Å². The number of fused-ring (bicyclic) bond motifs is 1. The van der Waals surface area contributed by atoms with Crippen molar-refractivity contribution >= 4 is 22.5 Å². The Morgan fingerprint density at radius 3 is 2.57 bits per heavy atom. The molecule has 0 unspecified atom stereocenters. The minimum absolute atomic E-state index is 0.0415. The first kappa shape index (κ1) is 13.2. The summed E-state index contributed by atoms with van der Waals surface area (Å²) in [5, 5.41) is 3.92. The second-order valence-corrected chi connectivity index (χ2v) is 4.77. The summed E-state index contributed by atoms with van der Waals surface area (Å²) in [7, 11) is 1.61. The van der Waals surface area contributed by atoms with Gasteiger partial charge in [0.25, 0.3) is 0 Å². The predicted molar refractivity (Wildman–Crippen MR) is 83.2 cm³/mol. The van der Waals surface area contributed by atoms with Crippen molar-refractivity contribution in [3.05, 3.63) is 66.4 Å². The molecular formula is C17H16N2O2. The molecule has 0 fully saturated rings. The van der Waals surface area contributed by atoms with Gasteiger partial charge in [0.1, 0.15) is 7.11 Å². The Labute approximate surface area is 122 Å². The molecule has 4 heteroatoms. The zero-order valence-electron chi connectivity index (χ0n) is 11.7. The molecule has 0 aliphatic carbocycles. The van der Waals surface area contributed by atoms with Gasteiger partial charge in [-0.3, -0.25) is 4.79 Å². The monoisotopic (exact) mass is 280 g/mol. The van der Waals surface area contributed by atoms with Crippen LogP contribution in [0.25, 0.3) is 10.9 Å². The maximum Gasteiger partial charge on any atom is 0.228 e. The largest absolute Gasteiger partial charge is 0.417 e. The lowest BCUT2D eigenvalue weighted by molar-refractivity contribution is -0.115. The average molecular weight is 280 g/mol. The number of amides is 1. The fourth-order valence-corrected chi connectivity index (χ4v) is 2.41. The van der Waals surface area contributed by atoms with Gasteiger partial charge in [-0.25, -0.2) is 0 Å². The van der Waals surface area contributed by atoms with E-state index < -0.39 is 0 Å². The summed E-state index contributed by atoms with van der Waals surface area (Å²) in [6.45, 7) is 0. The van der Waals surface area contributed by atoms with Gasteiger partial charge < -0.3 is 10.2 Å². The molecule has 21 heavy (non-hydrogen) atoms. The van der Waals surface area contributed by atoms with Crippen LogP contribution < -0.4 is 10.2 Å². The highest BCUT2D eigenvalue weighted by Gasteiger charge is 2.12. The third-order valence-electron chi connectivity index (χ3n) is 3.37. The van der Waals surface area contributed by atoms with Gasteiger partial charge in [-0.1, -0.05) is 36.4 Å². The van der Waals surface area contributed by atoms with Crippen molar-refractivity contribution < 1.29 is 9.63 Å². The lowest BCUT2D eigenvalue weighted by atomic mass is 10.1. The van der Waals surface area contributed by atoms with Crippen LogP contribution in [-0.4, -0.2) is 17.7 Å². The number of hydrogen-bond acceptors (Lipinski definition) is 2. The SMILES string of the molecule is COn1cc(CC(=O)Nc2ccccc2)c2ccccc21. The van der Waals surface area contributed by atoms with Crippen LogP contribution in [-0.2, 0) is 11.2 Å². The summed E-state index contributed by atoms with van der Waals surface area (Å²) in [5.74, 6) is -0.0415. The minimum Gasteiger partial charge on any atom is -0.417 e. The molecule has 0 bridgehead atoms. The van der Waals surface area contributed by atoms with Gasteiger partial charge in [-0.15, -0.1) is 0 Å². The van der Waals surface area contributed by atoms with Gasteiger partial charge in [0.2, 0.25) is 5.91 Å². The molecule has 3 aromatic rings. The molecule has 0 aliphatic rings. The van der Waals surface area contributed by atoms with E-state index >= 15 is 0 Å². The molecule has 0 spiro atoms. The van der Waals surface area contributed by atoms with Crippen LogP contribution in [0.3, 0.4) is 0 Å². The molecule has 2 aromatic carbocycles. The maximum absolute atomic E-state index is 12.2. The normalized spacial score (nSPS) is 10.5. The molecular weight excluding hydrogens is 264 g/mol. The first-order valence-corrected chi connectivity index (χ1v) is 6.76. The van der Waals surface area contributed by atoms with Crippen molar-refractivity contribution in [2.45, 2.75) is 6.42 Å². The van der Waals surface area contributed by atoms with E-state index in [0.717, 1.165) is 22.2 Å². The number of nitrogens with one attached hydrogen (secondary N) is 1. The van der Waals surface area contributed by atoms with Crippen molar-refractivity contribution in [3.63, 3.8) is 0 Å². The molecule has 0 atom stereocenters. The van der Waals surface area contributed by atoms with Gasteiger partial charge in [0.15, 0.2) is 0 Å². The molecule has 1 N–H and O–H groups in total. The Morgan fingerprint density at radius 1 is 1.10 bits per heavy atom. The molecule has 0 saturated carbocycles. The van der Waals surface area contributed by atoms with Crippen molar-refractivity contribution in [2.75, 3.05) is 12.4 Å². The molecule has 0 radical (unpaired) electrons. The fraction of sp³-hybridized carbons (Fsp3) is 0.118. The van der Waals surface area contributed by atoms with Crippen molar-refractivity contribution in [1.29, 1.82) is 0 Å². The number of para-hydroxylation sites is 2. The zero-order chi connectivity index (χ0) is 14.7. The van der Waals surface area contributed by atoms with E-state index in [1.165, 1.54) is 0 Å². The maximum atomic E-state index is 12.2. The Morgan fingerprint density at radius 2 is 1.81 bits per heavy atom. The first-order valence-electron chi connectivity index (χ1n) is 6.76. The molecule has 1 heterocycles. The number of aromatic nitrogens is 1. The van der Waals surface area contributed by atoms with Crippen LogP contribution in [0.4, 0.5) is 5.69 Å². The van der Waals surface area contributed by atoms with Gasteiger partial charge >= 0.3 is 0 Å². The Balaban J connectivity index is 1.83. The van der Waals surface area contributed by atoms with Crippen molar-refractivity contribution in [1.82, 2.24) is 4.73 Å². The van der Waals surface area contributed by atoms with Crippen LogP contribution >= 0.6 is 0 Å². The van der Waals surface area contributed by atoms with E-state index in [-0.39, 0.29) is 5.91 Å². The van der Waals surface area contributed by atoms with Crippen LogP contribution in [0.15, 0.2) is 60.8 Å². The minimum atomic E-state index is -0.0415. The number of rotatable bonds is 4. The van der Waals surface area contributed by atoms with E-state index in [1.54, 1.807) is 11.8 Å². The third-order valence-corrected chi connectivity index (χ3v) is 3.37. The van der Waals surface area contributed by atoms with Gasteiger partial charge in [-0.05, 0) is 23.8 Å². The summed E-state index contributed by atoms with van der Waals surface area (Å²) in [6.07, 6.45) is 2.17. The highest BCUT2D eigenvalue weighted by atomic mass is 16.6. The molecule has 0 aliphatic heterocycles. The summed E-state index contributed by atoms with van der Waals surface area (Å²) < 4.78 is 1.68. The molecule has 0 saturated heterocycles. The van der Waals surface area contributed by atoms with Crippen molar-refractivity contribution in [2.24, 2.45) is 0 Å². The standard InChI is InChI=1S/C17H16N2O2/c1-21-19-12-13(15-9-5-6-10-16(15)19)11-17(20)18-14-7-3-2-4-8-14/h2-10,12H,11H2,1H3,(H,18,20). The Hall–Kier alpha value is -2.75. The molecule has 3 rings (SSSR count). The molecule has 1 amide bonds. The lowest BCUT2D eigenvalue weighted by Gasteiger charge is -2.04. The average Bonchev–Trinajstić information content (AvgIpc) is 2.86. The topological polar surface area (TPSA) is 43.3 Å². The van der Waals surface area contributed by atoms with E-state index in [1.807, 2.05) is 60.8 Å². The summed E-state index contributed by atoms with van der Waals surface area (Å²) in [6, 6.07) is 17.3. The van der Waals surface area contributed by atoms with Crippen LogP contribution in [0, 0.1) is 0 Å². The highest BCUT2D eigenvalue weighted by molar-refractivity contribution is 5.95. The molecule has 1 aromatic heterocycles. The number of carbonyl (C=O) groups excluding carboxylic acids is 1. The number of carbonyl (C=O) groups is 1. The quantitative estimate of drug-likeness (QED) is 0.798. The number of benzene rings is 2. The first-order chi connectivity index (χ1) is 10.3. The number of nitrogens with zero attached hydrogens (tertiary/aromatic N) is 1. The van der Waals surface area contributed by atoms with Crippen LogP contribution in [0.1, 0.15) is 5.56 Å². The number of hydrogen-bond donors (Lipinski definition) is 1. The van der Waals surface area contributed by atoms with Crippen molar-refractivity contribution in [3.8, 4) is 0 Å². The summed E-state index contributed by atoms with van der Waals surface area (Å²) in [4.78, 5) is 17.5. The highest BCUT2D eigenvalue weighted by Crippen LogP contribution is 2.21. The van der Waals surface area contributed by atoms with E-state index in [2.05, 4.69) is 5.32 Å². The third kappa shape index (κ3) is 2.74. The predicted octanol–water partition coefficient (Wildman–Crippen LogP) is 2.88. The Kier molecular flexibility index (Phi) is 3.60. The van der Waals surface area contributed by atoms with E-state index in [4.69, 9.17) is 4.84 Å². The van der Waals surface area contributed by atoms with E-state index in [0.29, 0.717) is 6.42 Å². The fourth-order valence-electron chi connectivity index (χ4n) is 2.41. The Bertz CT molecular complexity index is 763. The summed E-state index contributed by atoms with van der Waals surface area (Å²) >= 11 is 0. The smallest absolute Gasteiger partial charge is 0.228 e. The second-order valence-electron chi connectivity index (χ2n) is 4.77. The molecule has 4 nitrogen and oxygen atoms in total. The van der Waals surface area contributed by atoms with Gasteiger partial charge in [0.05, 0.1) is 11.9 Å². The van der Waals surface area contributed by atoms with Gasteiger partial charge in [-0.2, -0.15) is 4.73 Å². The second kappa shape index (κ2) is 5.71. The van der Waals surface area contributed by atoms with Crippen LogP contribution in [0.2, 0.25) is 0 Å². The molecule has 106 valence electrons. The van der Waals surface area contributed by atoms with Crippen LogP contribution in [0.5, 0.6) is 0 Å². The lowest BCUT2D eigenvalue weighted by Crippen LogP contribution is -2.14.